The summed E-state index contributed by atoms with van der Waals surface area (Å²) in [5.74, 6) is -1.03. The summed E-state index contributed by atoms with van der Waals surface area (Å²) in [6, 6.07) is 11.3. The van der Waals surface area contributed by atoms with Crippen LogP contribution in [-0.2, 0) is 16.0 Å². The van der Waals surface area contributed by atoms with Crippen molar-refractivity contribution in [3.63, 3.8) is 0 Å². The molecule has 0 radical (unpaired) electrons. The van der Waals surface area contributed by atoms with Crippen molar-refractivity contribution >= 4 is 17.5 Å². The van der Waals surface area contributed by atoms with Crippen molar-refractivity contribution in [1.29, 1.82) is 0 Å². The summed E-state index contributed by atoms with van der Waals surface area (Å²) in [4.78, 5) is 23.9. The van der Waals surface area contributed by atoms with Gasteiger partial charge in [0.1, 0.15) is 5.75 Å². The molecule has 9 heteroatoms. The third-order valence-electron chi connectivity index (χ3n) is 3.55. The summed E-state index contributed by atoms with van der Waals surface area (Å²) in [6.45, 7) is 0.857. The Morgan fingerprint density at radius 3 is 2.21 bits per heavy atom. The first-order valence-electron chi connectivity index (χ1n) is 8.28. The van der Waals surface area contributed by atoms with Crippen molar-refractivity contribution < 1.29 is 32.2 Å². The van der Waals surface area contributed by atoms with Crippen LogP contribution < -0.4 is 15.4 Å². The number of halogens is 3. The first kappa shape index (κ1) is 21.2. The number of methoxy groups -OCH3 is 1. The molecule has 2 rings (SSSR count). The van der Waals surface area contributed by atoms with Gasteiger partial charge in [0.25, 0.3) is 5.91 Å². The molecular formula is C19H19F3N2O4. The average molecular weight is 396 g/mol. The summed E-state index contributed by atoms with van der Waals surface area (Å²) < 4.78 is 45.0. The Morgan fingerprint density at radius 1 is 1.00 bits per heavy atom. The van der Waals surface area contributed by atoms with Gasteiger partial charge in [0.05, 0.1) is 13.0 Å². The highest BCUT2D eigenvalue weighted by Crippen LogP contribution is 2.23. The number of amides is 2. The molecule has 2 N–H and O–H groups in total. The molecule has 0 saturated heterocycles. The van der Waals surface area contributed by atoms with Crippen LogP contribution in [-0.4, -0.2) is 38.4 Å². The molecule has 0 heterocycles. The Morgan fingerprint density at radius 2 is 1.64 bits per heavy atom. The van der Waals surface area contributed by atoms with E-state index in [0.717, 1.165) is 17.7 Å². The first-order valence-corrected chi connectivity index (χ1v) is 8.28. The van der Waals surface area contributed by atoms with Crippen LogP contribution in [0, 0.1) is 0 Å². The van der Waals surface area contributed by atoms with Gasteiger partial charge in [-0.15, -0.1) is 13.2 Å². The number of hydrogen-bond donors (Lipinski definition) is 2. The molecule has 0 aromatic heterocycles. The molecule has 150 valence electrons. The first-order chi connectivity index (χ1) is 13.3. The van der Waals surface area contributed by atoms with Gasteiger partial charge >= 0.3 is 6.36 Å². The average Bonchev–Trinajstić information content (AvgIpc) is 2.63. The van der Waals surface area contributed by atoms with E-state index in [-0.39, 0.29) is 17.9 Å². The van der Waals surface area contributed by atoms with Gasteiger partial charge in [0, 0.05) is 24.9 Å². The number of carbonyl (C=O) groups excluding carboxylic acids is 2. The monoisotopic (exact) mass is 396 g/mol. The molecule has 0 spiro atoms. The van der Waals surface area contributed by atoms with E-state index in [4.69, 9.17) is 4.74 Å². The number of benzene rings is 2. The lowest BCUT2D eigenvalue weighted by Crippen LogP contribution is -2.28. The van der Waals surface area contributed by atoms with E-state index < -0.39 is 18.0 Å². The highest BCUT2D eigenvalue weighted by Gasteiger charge is 2.31. The fourth-order valence-corrected chi connectivity index (χ4v) is 2.26. The van der Waals surface area contributed by atoms with Gasteiger partial charge in [-0.25, -0.2) is 0 Å². The molecule has 0 aliphatic rings. The molecule has 0 aliphatic heterocycles. The smallest absolute Gasteiger partial charge is 0.406 e. The van der Waals surface area contributed by atoms with Crippen LogP contribution in [0.3, 0.4) is 0 Å². The second-order valence-electron chi connectivity index (χ2n) is 5.74. The van der Waals surface area contributed by atoms with Crippen molar-refractivity contribution in [2.45, 2.75) is 12.8 Å². The third-order valence-corrected chi connectivity index (χ3v) is 3.55. The van der Waals surface area contributed by atoms with E-state index in [2.05, 4.69) is 15.4 Å². The Balaban J connectivity index is 1.89. The summed E-state index contributed by atoms with van der Waals surface area (Å²) >= 11 is 0. The minimum absolute atomic E-state index is 0.144. The Kier molecular flexibility index (Phi) is 7.39. The normalized spacial score (nSPS) is 11.0. The highest BCUT2D eigenvalue weighted by atomic mass is 19.4. The molecule has 2 aromatic rings. The zero-order valence-corrected chi connectivity index (χ0v) is 15.0. The zero-order valence-electron chi connectivity index (χ0n) is 15.0. The predicted octanol–water partition coefficient (Wildman–Crippen LogP) is 3.14. The molecule has 2 amide bonds. The van der Waals surface area contributed by atoms with Crippen LogP contribution in [0.1, 0.15) is 15.9 Å². The lowest BCUT2D eigenvalue weighted by Gasteiger charge is -2.10. The van der Waals surface area contributed by atoms with E-state index in [9.17, 15) is 22.8 Å². The maximum Gasteiger partial charge on any atom is 0.573 e. The molecule has 0 unspecified atom stereocenters. The van der Waals surface area contributed by atoms with E-state index in [1.165, 1.54) is 12.1 Å². The number of carbonyl (C=O) groups is 2. The summed E-state index contributed by atoms with van der Waals surface area (Å²) in [6.07, 6.45) is -4.59. The molecule has 0 aliphatic carbocycles. The van der Waals surface area contributed by atoms with Crippen molar-refractivity contribution in [2.24, 2.45) is 0 Å². The minimum atomic E-state index is -4.79. The van der Waals surface area contributed by atoms with Crippen LogP contribution >= 0.6 is 0 Å². The van der Waals surface area contributed by atoms with E-state index in [0.29, 0.717) is 18.8 Å². The summed E-state index contributed by atoms with van der Waals surface area (Å²) in [7, 11) is 1.55. The predicted molar refractivity (Wildman–Crippen MR) is 96.1 cm³/mol. The number of rotatable bonds is 8. The highest BCUT2D eigenvalue weighted by molar-refractivity contribution is 6.04. The van der Waals surface area contributed by atoms with E-state index in [1.54, 1.807) is 31.4 Å². The van der Waals surface area contributed by atoms with Gasteiger partial charge in [-0.2, -0.15) is 0 Å². The number of alkyl halides is 3. The van der Waals surface area contributed by atoms with Gasteiger partial charge < -0.3 is 20.1 Å². The number of ether oxygens (including phenoxy) is 2. The van der Waals surface area contributed by atoms with Crippen molar-refractivity contribution in [3.05, 3.63) is 59.7 Å². The van der Waals surface area contributed by atoms with Gasteiger partial charge in [0.15, 0.2) is 0 Å². The van der Waals surface area contributed by atoms with Crippen LogP contribution in [0.4, 0.5) is 18.9 Å². The van der Waals surface area contributed by atoms with Gasteiger partial charge in [0.2, 0.25) is 5.91 Å². The van der Waals surface area contributed by atoms with Gasteiger partial charge in [-0.1, -0.05) is 12.1 Å². The molecule has 0 atom stereocenters. The maximum atomic E-state index is 12.2. The Labute approximate surface area is 159 Å². The number of hydrogen-bond acceptors (Lipinski definition) is 4. The summed E-state index contributed by atoms with van der Waals surface area (Å²) in [5, 5.41) is 5.33. The Bertz CT molecular complexity index is 790. The second kappa shape index (κ2) is 9.75. The third kappa shape index (κ3) is 7.28. The maximum absolute atomic E-state index is 12.2. The lowest BCUT2D eigenvalue weighted by molar-refractivity contribution is -0.274. The molecule has 28 heavy (non-hydrogen) atoms. The fourth-order valence-electron chi connectivity index (χ4n) is 2.26. The molecule has 6 nitrogen and oxygen atoms in total. The van der Waals surface area contributed by atoms with Crippen molar-refractivity contribution in [1.82, 2.24) is 5.32 Å². The van der Waals surface area contributed by atoms with Crippen LogP contribution in [0.15, 0.2) is 48.5 Å². The van der Waals surface area contributed by atoms with E-state index in [1.807, 2.05) is 0 Å². The van der Waals surface area contributed by atoms with Crippen molar-refractivity contribution in [3.8, 4) is 5.75 Å². The summed E-state index contributed by atoms with van der Waals surface area (Å²) in [5.41, 5.74) is 1.43. The topological polar surface area (TPSA) is 76.7 Å². The molecule has 0 bridgehead atoms. The van der Waals surface area contributed by atoms with Crippen LogP contribution in [0.25, 0.3) is 0 Å². The second-order valence-corrected chi connectivity index (χ2v) is 5.74. The molecular weight excluding hydrogens is 377 g/mol. The van der Waals surface area contributed by atoms with Crippen LogP contribution in [0.2, 0.25) is 0 Å². The lowest BCUT2D eigenvalue weighted by atomic mass is 10.1. The van der Waals surface area contributed by atoms with Crippen LogP contribution in [0.5, 0.6) is 5.75 Å². The van der Waals surface area contributed by atoms with Gasteiger partial charge in [-0.3, -0.25) is 9.59 Å². The fraction of sp³-hybridized carbons (Fsp3) is 0.263. The SMILES string of the molecule is COCCNC(=O)Cc1ccc(NC(=O)c2ccc(OC(F)(F)F)cc2)cc1. The van der Waals surface area contributed by atoms with Gasteiger partial charge in [-0.05, 0) is 42.0 Å². The largest absolute Gasteiger partial charge is 0.573 e. The van der Waals surface area contributed by atoms with Crippen molar-refractivity contribution in [2.75, 3.05) is 25.6 Å². The molecule has 0 saturated carbocycles. The van der Waals surface area contributed by atoms with E-state index >= 15 is 0 Å². The number of anilines is 1. The molecule has 2 aromatic carbocycles. The Hall–Kier alpha value is -3.07. The quantitative estimate of drug-likeness (QED) is 0.672. The molecule has 0 fully saturated rings. The number of nitrogens with one attached hydrogen (secondary N) is 2. The minimum Gasteiger partial charge on any atom is -0.406 e. The zero-order chi connectivity index (χ0) is 20.6. The standard InChI is InChI=1S/C19H19F3N2O4/c1-27-11-10-23-17(25)12-13-2-6-15(7-3-13)24-18(26)14-4-8-16(9-5-14)28-19(20,21)22/h2-9H,10-12H2,1H3,(H,23,25)(H,24,26).